The van der Waals surface area contributed by atoms with E-state index in [2.05, 4.69) is 4.57 Å². The fraction of sp³-hybridized carbons (Fsp3) is 0.357. The summed E-state index contributed by atoms with van der Waals surface area (Å²) in [5.74, 6) is -1.09. The molecule has 0 saturated heterocycles. The van der Waals surface area contributed by atoms with E-state index in [1.807, 2.05) is 19.9 Å². The minimum Gasteiger partial charge on any atom is -0.481 e. The van der Waals surface area contributed by atoms with E-state index in [0.717, 1.165) is 16.6 Å². The van der Waals surface area contributed by atoms with Gasteiger partial charge in [0.2, 0.25) is 0 Å². The van der Waals surface area contributed by atoms with E-state index in [1.54, 1.807) is 6.07 Å². The molecule has 3 nitrogen and oxygen atoms in total. The summed E-state index contributed by atoms with van der Waals surface area (Å²) in [6, 6.07) is 6.76. The van der Waals surface area contributed by atoms with Crippen molar-refractivity contribution in [2.45, 2.75) is 32.7 Å². The number of rotatable bonds is 4. The second kappa shape index (κ2) is 4.80. The van der Waals surface area contributed by atoms with Crippen molar-refractivity contribution in [1.82, 2.24) is 4.57 Å². The molecule has 2 rings (SSSR count). The molecule has 0 unspecified atom stereocenters. The summed E-state index contributed by atoms with van der Waals surface area (Å²) in [6.45, 7) is 4.07. The number of aliphatic carboxylic acids is 1. The average Bonchev–Trinajstić information content (AvgIpc) is 2.63. The summed E-state index contributed by atoms with van der Waals surface area (Å²) in [4.78, 5) is 10.7. The maximum Gasteiger partial charge on any atom is 0.303 e. The minimum atomic E-state index is -0.818. The number of halogens is 1. The van der Waals surface area contributed by atoms with Crippen molar-refractivity contribution in [1.29, 1.82) is 0 Å². The fourth-order valence-corrected chi connectivity index (χ4v) is 2.30. The zero-order chi connectivity index (χ0) is 13.3. The van der Waals surface area contributed by atoms with E-state index in [-0.39, 0.29) is 18.3 Å². The lowest BCUT2D eigenvalue weighted by molar-refractivity contribution is -0.136. The lowest BCUT2D eigenvalue weighted by Crippen LogP contribution is -2.07. The lowest BCUT2D eigenvalue weighted by Gasteiger charge is -2.14. The largest absolute Gasteiger partial charge is 0.481 e. The molecule has 0 aliphatic carbocycles. The molecule has 1 aromatic carbocycles. The van der Waals surface area contributed by atoms with Crippen molar-refractivity contribution < 1.29 is 14.3 Å². The highest BCUT2D eigenvalue weighted by molar-refractivity contribution is 5.81. The number of hydrogen-bond acceptors (Lipinski definition) is 1. The second-order valence-electron chi connectivity index (χ2n) is 4.70. The van der Waals surface area contributed by atoms with Gasteiger partial charge in [-0.05, 0) is 44.5 Å². The number of carbonyl (C=O) groups is 1. The van der Waals surface area contributed by atoms with Gasteiger partial charge in [-0.15, -0.1) is 0 Å². The Bertz CT molecular complexity index is 587. The Morgan fingerprint density at radius 1 is 1.39 bits per heavy atom. The number of carboxylic acids is 1. The van der Waals surface area contributed by atoms with Gasteiger partial charge in [0.15, 0.2) is 0 Å². The fourth-order valence-electron chi connectivity index (χ4n) is 2.30. The van der Waals surface area contributed by atoms with Crippen molar-refractivity contribution in [2.24, 2.45) is 0 Å². The summed E-state index contributed by atoms with van der Waals surface area (Å²) >= 11 is 0. The van der Waals surface area contributed by atoms with E-state index < -0.39 is 5.97 Å². The highest BCUT2D eigenvalue weighted by atomic mass is 19.1. The van der Waals surface area contributed by atoms with Gasteiger partial charge in [-0.1, -0.05) is 0 Å². The molecule has 2 aromatic rings. The Kier molecular flexibility index (Phi) is 3.36. The molecule has 0 spiro atoms. The molecule has 0 bridgehead atoms. The molecule has 18 heavy (non-hydrogen) atoms. The summed E-state index contributed by atoms with van der Waals surface area (Å²) in [7, 11) is 0. The molecule has 1 aromatic heterocycles. The van der Waals surface area contributed by atoms with E-state index in [9.17, 15) is 9.18 Å². The van der Waals surface area contributed by atoms with E-state index in [4.69, 9.17) is 5.11 Å². The number of nitrogens with zero attached hydrogens (tertiary/aromatic N) is 1. The maximum atomic E-state index is 13.2. The van der Waals surface area contributed by atoms with E-state index in [0.29, 0.717) is 6.42 Å². The van der Waals surface area contributed by atoms with Crippen molar-refractivity contribution in [3.05, 3.63) is 35.8 Å². The van der Waals surface area contributed by atoms with Crippen molar-refractivity contribution in [2.75, 3.05) is 0 Å². The summed E-state index contributed by atoms with van der Waals surface area (Å²) < 4.78 is 15.3. The van der Waals surface area contributed by atoms with Crippen LogP contribution < -0.4 is 0 Å². The zero-order valence-electron chi connectivity index (χ0n) is 10.5. The molecular weight excluding hydrogens is 233 g/mol. The molecule has 0 aliphatic rings. The monoisotopic (exact) mass is 249 g/mol. The van der Waals surface area contributed by atoms with Crippen LogP contribution in [0.1, 0.15) is 32.0 Å². The first kappa shape index (κ1) is 12.6. The Morgan fingerprint density at radius 3 is 2.72 bits per heavy atom. The number of benzene rings is 1. The van der Waals surface area contributed by atoms with Gasteiger partial charge in [-0.3, -0.25) is 4.79 Å². The average molecular weight is 249 g/mol. The van der Waals surface area contributed by atoms with Crippen LogP contribution in [-0.2, 0) is 11.2 Å². The molecule has 0 saturated carbocycles. The number of aromatic nitrogens is 1. The van der Waals surface area contributed by atoms with Crippen LogP contribution in [0.4, 0.5) is 4.39 Å². The van der Waals surface area contributed by atoms with Crippen molar-refractivity contribution >= 4 is 16.9 Å². The minimum absolute atomic E-state index is 0.0888. The number of fused-ring (bicyclic) bond motifs is 1. The smallest absolute Gasteiger partial charge is 0.303 e. The molecule has 1 heterocycles. The first-order valence-corrected chi connectivity index (χ1v) is 6.00. The van der Waals surface area contributed by atoms with Crippen molar-refractivity contribution in [3.63, 3.8) is 0 Å². The summed E-state index contributed by atoms with van der Waals surface area (Å²) in [5.41, 5.74) is 1.89. The van der Waals surface area contributed by atoms with Gasteiger partial charge in [-0.25, -0.2) is 4.39 Å². The molecule has 0 fully saturated rings. The number of hydrogen-bond donors (Lipinski definition) is 1. The quantitative estimate of drug-likeness (QED) is 0.902. The van der Waals surface area contributed by atoms with Gasteiger partial charge in [-0.2, -0.15) is 0 Å². The van der Waals surface area contributed by atoms with Crippen LogP contribution in [0.15, 0.2) is 24.3 Å². The topological polar surface area (TPSA) is 42.2 Å². The predicted molar refractivity (Wildman–Crippen MR) is 68.2 cm³/mol. The first-order valence-electron chi connectivity index (χ1n) is 6.00. The lowest BCUT2D eigenvalue weighted by atomic mass is 10.2. The summed E-state index contributed by atoms with van der Waals surface area (Å²) in [6.07, 6.45) is 0.551. The van der Waals surface area contributed by atoms with Gasteiger partial charge in [0.25, 0.3) is 0 Å². The zero-order valence-corrected chi connectivity index (χ0v) is 10.5. The number of aryl methyl sites for hydroxylation is 1. The highest BCUT2D eigenvalue weighted by Gasteiger charge is 2.12. The van der Waals surface area contributed by atoms with Gasteiger partial charge < -0.3 is 9.67 Å². The Labute approximate surface area is 105 Å². The molecule has 0 aliphatic heterocycles. The number of carboxylic acid groups (broad SMARTS) is 1. The third-order valence-corrected chi connectivity index (χ3v) is 2.99. The normalized spacial score (nSPS) is 11.3. The molecule has 1 N–H and O–H groups in total. The second-order valence-corrected chi connectivity index (χ2v) is 4.70. The van der Waals surface area contributed by atoms with Crippen LogP contribution in [0.25, 0.3) is 10.9 Å². The summed E-state index contributed by atoms with van der Waals surface area (Å²) in [5, 5.41) is 9.58. The van der Waals surface area contributed by atoms with Crippen LogP contribution in [0, 0.1) is 5.82 Å². The molecule has 0 radical (unpaired) electrons. The molecule has 96 valence electrons. The van der Waals surface area contributed by atoms with E-state index >= 15 is 0 Å². The van der Waals surface area contributed by atoms with Crippen LogP contribution in [0.3, 0.4) is 0 Å². The van der Waals surface area contributed by atoms with Crippen LogP contribution in [0.5, 0.6) is 0 Å². The standard InChI is InChI=1S/C14H16FNO2/c1-9(2)16-12(4-6-14(17)18)8-10-7-11(15)3-5-13(10)16/h3,5,7-9H,4,6H2,1-2H3,(H,17,18). The highest BCUT2D eigenvalue weighted by Crippen LogP contribution is 2.25. The predicted octanol–water partition coefficient (Wildman–Crippen LogP) is 3.38. The molecular formula is C14H16FNO2. The van der Waals surface area contributed by atoms with Gasteiger partial charge >= 0.3 is 5.97 Å². The van der Waals surface area contributed by atoms with E-state index in [1.165, 1.54) is 12.1 Å². The first-order chi connectivity index (χ1) is 8.49. The Morgan fingerprint density at radius 2 is 2.11 bits per heavy atom. The Balaban J connectivity index is 2.50. The van der Waals surface area contributed by atoms with Crippen LogP contribution in [-0.4, -0.2) is 15.6 Å². The molecule has 0 atom stereocenters. The van der Waals surface area contributed by atoms with Gasteiger partial charge in [0.1, 0.15) is 5.82 Å². The Hall–Kier alpha value is -1.84. The third-order valence-electron chi connectivity index (χ3n) is 2.99. The molecule has 4 heteroatoms. The SMILES string of the molecule is CC(C)n1c(CCC(=O)O)cc2cc(F)ccc21. The van der Waals surface area contributed by atoms with Gasteiger partial charge in [0, 0.05) is 22.6 Å². The van der Waals surface area contributed by atoms with Gasteiger partial charge in [0.05, 0.1) is 6.42 Å². The molecule has 0 amide bonds. The van der Waals surface area contributed by atoms with Crippen LogP contribution in [0.2, 0.25) is 0 Å². The third kappa shape index (κ3) is 2.37. The van der Waals surface area contributed by atoms with Crippen LogP contribution >= 0.6 is 0 Å². The van der Waals surface area contributed by atoms with Crippen molar-refractivity contribution in [3.8, 4) is 0 Å². The maximum absolute atomic E-state index is 13.2.